The van der Waals surface area contributed by atoms with Crippen molar-refractivity contribution in [2.45, 2.75) is 57.3 Å². The van der Waals surface area contributed by atoms with E-state index in [1.54, 1.807) is 6.07 Å². The number of amides is 1. The monoisotopic (exact) mass is 405 g/mol. The molecule has 0 spiro atoms. The van der Waals surface area contributed by atoms with Crippen LogP contribution in [0.25, 0.3) is 16.7 Å². The van der Waals surface area contributed by atoms with Crippen molar-refractivity contribution in [3.05, 3.63) is 53.4 Å². The number of benzene rings is 1. The van der Waals surface area contributed by atoms with Crippen molar-refractivity contribution in [1.29, 1.82) is 0 Å². The molecule has 2 N–H and O–H groups in total. The van der Waals surface area contributed by atoms with Gasteiger partial charge in [0, 0.05) is 5.92 Å². The first-order valence-electron chi connectivity index (χ1n) is 10.6. The van der Waals surface area contributed by atoms with Gasteiger partial charge in [-0.05, 0) is 60.9 Å². The summed E-state index contributed by atoms with van der Waals surface area (Å²) in [5.41, 5.74) is 3.88. The van der Waals surface area contributed by atoms with Gasteiger partial charge in [0.15, 0.2) is 11.5 Å². The van der Waals surface area contributed by atoms with Gasteiger partial charge in [-0.3, -0.25) is 4.79 Å². The molecular weight excluding hydrogens is 381 g/mol. The number of hydrogen-bond donors (Lipinski definition) is 2. The number of rotatable bonds is 5. The van der Waals surface area contributed by atoms with Crippen LogP contribution in [0.2, 0.25) is 0 Å². The first-order chi connectivity index (χ1) is 14.7. The molecule has 7 heteroatoms. The Hall–Kier alpha value is -3.09. The number of aromatic amines is 1. The molecule has 2 aliphatic carbocycles. The Kier molecular flexibility index (Phi) is 5.02. The number of nitrogens with zero attached hydrogens (tertiary/aromatic N) is 3. The summed E-state index contributed by atoms with van der Waals surface area (Å²) >= 11 is 0. The van der Waals surface area contributed by atoms with Crippen LogP contribution >= 0.6 is 0 Å². The maximum Gasteiger partial charge on any atom is 0.230 e. The molecule has 0 saturated heterocycles. The second-order valence-electron chi connectivity index (χ2n) is 8.22. The van der Waals surface area contributed by atoms with Crippen LogP contribution in [0.1, 0.15) is 67.8 Å². The molecule has 2 aromatic heterocycles. The molecule has 0 bridgehead atoms. The number of aromatic nitrogens is 4. The molecule has 30 heavy (non-hydrogen) atoms. The number of hydrogen-bond acceptors (Lipinski definition) is 4. The summed E-state index contributed by atoms with van der Waals surface area (Å²) in [6, 6.07) is 4.87. The molecule has 1 saturated carbocycles. The van der Waals surface area contributed by atoms with Crippen LogP contribution < -0.4 is 5.32 Å². The molecule has 1 fully saturated rings. The van der Waals surface area contributed by atoms with Crippen LogP contribution in [0.3, 0.4) is 0 Å². The minimum Gasteiger partial charge on any atom is -0.337 e. The Balaban J connectivity index is 1.35. The van der Waals surface area contributed by atoms with Gasteiger partial charge in [0.25, 0.3) is 0 Å². The average Bonchev–Trinajstić information content (AvgIpc) is 3.47. The highest BCUT2D eigenvalue weighted by atomic mass is 19.1. The number of H-pyrrole nitrogens is 1. The lowest BCUT2D eigenvalue weighted by Crippen LogP contribution is -2.16. The topological polar surface area (TPSA) is 83.6 Å². The summed E-state index contributed by atoms with van der Waals surface area (Å²) < 4.78 is 14.1. The van der Waals surface area contributed by atoms with Crippen molar-refractivity contribution in [2.24, 2.45) is 0 Å². The van der Waals surface area contributed by atoms with E-state index in [0.717, 1.165) is 49.1 Å². The van der Waals surface area contributed by atoms with Gasteiger partial charge in [-0.15, -0.1) is 0 Å². The zero-order chi connectivity index (χ0) is 20.5. The lowest BCUT2D eigenvalue weighted by molar-refractivity contribution is -0.115. The van der Waals surface area contributed by atoms with E-state index in [2.05, 4.69) is 31.3 Å². The maximum absolute atomic E-state index is 14.1. The first kappa shape index (κ1) is 18.9. The van der Waals surface area contributed by atoms with E-state index in [0.29, 0.717) is 28.5 Å². The van der Waals surface area contributed by atoms with Crippen LogP contribution in [-0.4, -0.2) is 25.8 Å². The van der Waals surface area contributed by atoms with Crippen molar-refractivity contribution >= 4 is 28.5 Å². The number of anilines is 1. The van der Waals surface area contributed by atoms with Gasteiger partial charge in [0.1, 0.15) is 23.5 Å². The van der Waals surface area contributed by atoms with Crippen molar-refractivity contribution in [1.82, 2.24) is 19.9 Å². The molecule has 2 heterocycles. The number of fused-ring (bicyclic) bond motifs is 1. The summed E-state index contributed by atoms with van der Waals surface area (Å²) in [6.07, 6.45) is 11.4. The summed E-state index contributed by atoms with van der Waals surface area (Å²) in [7, 11) is 0. The molecule has 0 radical (unpaired) electrons. The molecule has 1 aromatic carbocycles. The summed E-state index contributed by atoms with van der Waals surface area (Å²) in [6.45, 7) is 0. The predicted octanol–water partition coefficient (Wildman–Crippen LogP) is 4.90. The van der Waals surface area contributed by atoms with E-state index in [9.17, 15) is 9.18 Å². The predicted molar refractivity (Wildman–Crippen MR) is 113 cm³/mol. The van der Waals surface area contributed by atoms with E-state index >= 15 is 0 Å². The summed E-state index contributed by atoms with van der Waals surface area (Å²) in [5.74, 6) is 1.18. The number of carbonyl (C=O) groups is 1. The van der Waals surface area contributed by atoms with E-state index in [4.69, 9.17) is 0 Å². The Morgan fingerprint density at radius 2 is 2.03 bits per heavy atom. The quantitative estimate of drug-likeness (QED) is 0.632. The van der Waals surface area contributed by atoms with Gasteiger partial charge in [0.05, 0.1) is 6.42 Å². The Morgan fingerprint density at radius 3 is 2.83 bits per heavy atom. The fraction of sp³-hybridized carbons (Fsp3) is 0.391. The normalized spacial score (nSPS) is 16.9. The van der Waals surface area contributed by atoms with Crippen LogP contribution in [0.15, 0.2) is 30.6 Å². The molecule has 0 atom stereocenters. The maximum atomic E-state index is 14.1. The minimum atomic E-state index is -0.317. The zero-order valence-electron chi connectivity index (χ0n) is 16.7. The number of nitrogens with one attached hydrogen (secondary N) is 2. The molecule has 3 aromatic rings. The highest BCUT2D eigenvalue weighted by molar-refractivity contribution is 5.97. The molecular formula is C23H24FN5O. The van der Waals surface area contributed by atoms with Crippen molar-refractivity contribution < 1.29 is 9.18 Å². The molecule has 0 aliphatic heterocycles. The van der Waals surface area contributed by atoms with E-state index < -0.39 is 0 Å². The van der Waals surface area contributed by atoms with E-state index in [1.807, 2.05) is 6.07 Å². The molecule has 1 amide bonds. The zero-order valence-corrected chi connectivity index (χ0v) is 16.7. The molecule has 6 nitrogen and oxygen atoms in total. The van der Waals surface area contributed by atoms with Crippen LogP contribution in [0.4, 0.5) is 10.2 Å². The van der Waals surface area contributed by atoms with Crippen molar-refractivity contribution in [3.63, 3.8) is 0 Å². The standard InChI is InChI=1S/C23H24FN5O/c24-18-10-14(9-17(12-18)15-5-1-2-6-15)11-19(30)27-22-20-23(26-13-25-22)29-21(28-20)16-7-3-4-8-16/h5,9-10,12-13,16H,1-4,6-8,11H2,(H2,25,26,27,28,29,30). The van der Waals surface area contributed by atoms with Crippen molar-refractivity contribution in [3.8, 4) is 0 Å². The van der Waals surface area contributed by atoms with Gasteiger partial charge >= 0.3 is 0 Å². The van der Waals surface area contributed by atoms with Crippen LogP contribution in [0, 0.1) is 5.82 Å². The number of carbonyl (C=O) groups excluding carboxylic acids is 1. The van der Waals surface area contributed by atoms with Gasteiger partial charge < -0.3 is 10.3 Å². The lowest BCUT2D eigenvalue weighted by atomic mass is 10.0. The van der Waals surface area contributed by atoms with Crippen LogP contribution in [0.5, 0.6) is 0 Å². The van der Waals surface area contributed by atoms with Gasteiger partial charge in [-0.25, -0.2) is 19.3 Å². The fourth-order valence-electron chi connectivity index (χ4n) is 4.57. The molecule has 154 valence electrons. The van der Waals surface area contributed by atoms with E-state index in [-0.39, 0.29) is 18.1 Å². The van der Waals surface area contributed by atoms with Gasteiger partial charge in [0.2, 0.25) is 5.91 Å². The minimum absolute atomic E-state index is 0.0765. The van der Waals surface area contributed by atoms with E-state index in [1.165, 1.54) is 25.2 Å². The number of allylic oxidation sites excluding steroid dienone is 2. The Bertz CT molecular complexity index is 1130. The Labute approximate surface area is 174 Å². The fourth-order valence-corrected chi connectivity index (χ4v) is 4.57. The lowest BCUT2D eigenvalue weighted by Gasteiger charge is -2.08. The average molecular weight is 405 g/mol. The van der Waals surface area contributed by atoms with Gasteiger partial charge in [-0.2, -0.15) is 0 Å². The highest BCUT2D eigenvalue weighted by Crippen LogP contribution is 2.34. The third-order valence-corrected chi connectivity index (χ3v) is 6.04. The second-order valence-corrected chi connectivity index (χ2v) is 8.22. The second kappa shape index (κ2) is 7.97. The molecule has 0 unspecified atom stereocenters. The third-order valence-electron chi connectivity index (χ3n) is 6.04. The van der Waals surface area contributed by atoms with Crippen LogP contribution in [-0.2, 0) is 11.2 Å². The first-order valence-corrected chi connectivity index (χ1v) is 10.6. The third kappa shape index (κ3) is 3.84. The molecule has 2 aliphatic rings. The SMILES string of the molecule is O=C(Cc1cc(F)cc(C2=CCCC2)c1)Nc1ncnc2nc(C3CCCC3)[nH]c12. The largest absolute Gasteiger partial charge is 0.337 e. The summed E-state index contributed by atoms with van der Waals surface area (Å²) in [5, 5.41) is 2.85. The van der Waals surface area contributed by atoms with Gasteiger partial charge in [-0.1, -0.05) is 25.0 Å². The Morgan fingerprint density at radius 1 is 1.17 bits per heavy atom. The highest BCUT2D eigenvalue weighted by Gasteiger charge is 2.22. The smallest absolute Gasteiger partial charge is 0.230 e. The molecule has 5 rings (SSSR count). The summed E-state index contributed by atoms with van der Waals surface area (Å²) in [4.78, 5) is 29.1. The number of halogens is 1. The van der Waals surface area contributed by atoms with Crippen molar-refractivity contribution in [2.75, 3.05) is 5.32 Å². The number of imidazole rings is 1.